The molecule has 2 aromatic carbocycles. The van der Waals surface area contributed by atoms with Crippen molar-refractivity contribution in [2.24, 2.45) is 0 Å². The molecule has 0 aliphatic carbocycles. The van der Waals surface area contributed by atoms with Crippen LogP contribution in [0.4, 0.5) is 17.6 Å². The van der Waals surface area contributed by atoms with E-state index in [9.17, 15) is 36.7 Å². The van der Waals surface area contributed by atoms with Gasteiger partial charge in [0.25, 0.3) is 5.91 Å². The third-order valence-corrected chi connectivity index (χ3v) is 6.09. The summed E-state index contributed by atoms with van der Waals surface area (Å²) in [5, 5.41) is 3.91. The molecular formula is C25H22F4N4O5. The fourth-order valence-electron chi connectivity index (χ4n) is 4.16. The van der Waals surface area contributed by atoms with Crippen LogP contribution in [0.1, 0.15) is 29.3 Å². The van der Waals surface area contributed by atoms with E-state index in [-0.39, 0.29) is 42.0 Å². The molecule has 0 unspecified atom stereocenters. The number of fused-ring (bicyclic) bond motifs is 1. The van der Waals surface area contributed by atoms with Gasteiger partial charge < -0.3 is 14.5 Å². The van der Waals surface area contributed by atoms with Crippen molar-refractivity contribution in [3.05, 3.63) is 69.8 Å². The molecule has 0 spiro atoms. The normalized spacial score (nSPS) is 14.0. The van der Waals surface area contributed by atoms with E-state index in [1.54, 1.807) is 11.8 Å². The maximum atomic E-state index is 14.7. The number of piperazine rings is 1. The summed E-state index contributed by atoms with van der Waals surface area (Å²) in [4.78, 5) is 51.8. The average Bonchev–Trinajstić information content (AvgIpc) is 2.90. The first-order chi connectivity index (χ1) is 18.0. The highest BCUT2D eigenvalue weighted by Gasteiger charge is 2.41. The topological polar surface area (TPSA) is 102 Å². The number of carbonyl (C=O) groups excluding carboxylic acids is 3. The molecule has 200 valence electrons. The first-order valence-corrected chi connectivity index (χ1v) is 11.6. The lowest BCUT2D eigenvalue weighted by Gasteiger charge is -2.34. The maximum Gasteiger partial charge on any atom is 0.491 e. The molecule has 4 rings (SSSR count). The number of carbonyl (C=O) groups is 3. The van der Waals surface area contributed by atoms with E-state index in [4.69, 9.17) is 0 Å². The number of rotatable bonds is 5. The maximum absolute atomic E-state index is 14.7. The van der Waals surface area contributed by atoms with Crippen LogP contribution in [0.5, 0.6) is 5.75 Å². The molecule has 1 fully saturated rings. The van der Waals surface area contributed by atoms with Gasteiger partial charge in [0.1, 0.15) is 11.3 Å². The number of nitrogens with zero attached hydrogens (tertiary/aromatic N) is 4. The Morgan fingerprint density at radius 1 is 1.03 bits per heavy atom. The highest BCUT2D eigenvalue weighted by molar-refractivity contribution is 5.95. The molecule has 0 bridgehead atoms. The van der Waals surface area contributed by atoms with Gasteiger partial charge in [-0.15, -0.1) is 0 Å². The van der Waals surface area contributed by atoms with Crippen LogP contribution in [-0.4, -0.2) is 69.7 Å². The van der Waals surface area contributed by atoms with Gasteiger partial charge in [0.05, 0.1) is 23.7 Å². The molecule has 2 heterocycles. The molecule has 2 amide bonds. The van der Waals surface area contributed by atoms with E-state index in [1.165, 1.54) is 29.2 Å². The van der Waals surface area contributed by atoms with Gasteiger partial charge in [0.2, 0.25) is 11.3 Å². The minimum atomic E-state index is -5.27. The van der Waals surface area contributed by atoms with Crippen LogP contribution in [0.15, 0.2) is 47.4 Å². The van der Waals surface area contributed by atoms with Crippen molar-refractivity contribution in [3.8, 4) is 5.75 Å². The summed E-state index contributed by atoms with van der Waals surface area (Å²) < 4.78 is 58.7. The minimum absolute atomic E-state index is 0.0357. The summed E-state index contributed by atoms with van der Waals surface area (Å²) >= 11 is 0. The number of ether oxygens (including phenoxy) is 1. The predicted octanol–water partition coefficient (Wildman–Crippen LogP) is 2.75. The van der Waals surface area contributed by atoms with E-state index in [0.29, 0.717) is 25.1 Å². The standard InChI is InChI=1S/C25H22F4N4O5/c1-2-21(35)31-8-10-32(11-9-31)23(36)17-12-15(6-7-18(17)26)14-33-22-16(19(34)13-30-33)4-3-5-20(22)38-24(37)25(27,28)29/h3-7,12-13H,2,8-11,14H2,1H3. The van der Waals surface area contributed by atoms with Crippen molar-refractivity contribution in [1.29, 1.82) is 0 Å². The van der Waals surface area contributed by atoms with Crippen molar-refractivity contribution in [1.82, 2.24) is 19.6 Å². The Morgan fingerprint density at radius 3 is 2.37 bits per heavy atom. The predicted molar refractivity (Wildman–Crippen MR) is 126 cm³/mol. The van der Waals surface area contributed by atoms with Gasteiger partial charge in [-0.25, -0.2) is 9.18 Å². The van der Waals surface area contributed by atoms with Crippen molar-refractivity contribution in [2.75, 3.05) is 26.2 Å². The Bertz CT molecular complexity index is 1460. The van der Waals surface area contributed by atoms with Crippen LogP contribution in [0.2, 0.25) is 0 Å². The summed E-state index contributed by atoms with van der Waals surface area (Å²) in [6, 6.07) is 7.41. The van der Waals surface area contributed by atoms with Gasteiger partial charge >= 0.3 is 12.1 Å². The molecule has 1 aliphatic rings. The Balaban J connectivity index is 1.64. The molecule has 1 saturated heterocycles. The number of benzene rings is 2. The number of hydrogen-bond donors (Lipinski definition) is 0. The fourth-order valence-corrected chi connectivity index (χ4v) is 4.16. The zero-order valence-electron chi connectivity index (χ0n) is 20.1. The van der Waals surface area contributed by atoms with Crippen molar-refractivity contribution >= 4 is 28.7 Å². The summed E-state index contributed by atoms with van der Waals surface area (Å²) in [5.41, 5.74) is -0.667. The third kappa shape index (κ3) is 5.50. The number of aromatic nitrogens is 2. The van der Waals surface area contributed by atoms with Crippen LogP contribution in [0, 0.1) is 5.82 Å². The minimum Gasteiger partial charge on any atom is -0.418 e. The first kappa shape index (κ1) is 26.8. The van der Waals surface area contributed by atoms with Crippen LogP contribution in [0.25, 0.3) is 10.9 Å². The van der Waals surface area contributed by atoms with E-state index in [2.05, 4.69) is 9.84 Å². The van der Waals surface area contributed by atoms with E-state index in [1.807, 2.05) is 0 Å². The second-order valence-corrected chi connectivity index (χ2v) is 8.55. The monoisotopic (exact) mass is 534 g/mol. The number of alkyl halides is 3. The average molecular weight is 534 g/mol. The van der Waals surface area contributed by atoms with Crippen LogP contribution in [0.3, 0.4) is 0 Å². The van der Waals surface area contributed by atoms with Crippen molar-refractivity contribution in [2.45, 2.75) is 26.1 Å². The van der Waals surface area contributed by atoms with Crippen LogP contribution >= 0.6 is 0 Å². The van der Waals surface area contributed by atoms with Gasteiger partial charge in [-0.1, -0.05) is 19.1 Å². The molecule has 0 saturated carbocycles. The number of amides is 2. The third-order valence-electron chi connectivity index (χ3n) is 6.09. The molecule has 13 heteroatoms. The summed E-state index contributed by atoms with van der Waals surface area (Å²) in [5.74, 6) is -4.39. The fraction of sp³-hybridized carbons (Fsp3) is 0.320. The lowest BCUT2D eigenvalue weighted by Crippen LogP contribution is -2.50. The lowest BCUT2D eigenvalue weighted by atomic mass is 10.1. The molecule has 0 radical (unpaired) electrons. The van der Waals surface area contributed by atoms with Gasteiger partial charge in [0.15, 0.2) is 5.75 Å². The zero-order valence-corrected chi connectivity index (χ0v) is 20.1. The van der Waals surface area contributed by atoms with Crippen molar-refractivity contribution < 1.29 is 36.7 Å². The molecule has 3 aromatic rings. The van der Waals surface area contributed by atoms with Gasteiger partial charge in [-0.05, 0) is 29.8 Å². The largest absolute Gasteiger partial charge is 0.491 e. The van der Waals surface area contributed by atoms with E-state index in [0.717, 1.165) is 23.0 Å². The second-order valence-electron chi connectivity index (χ2n) is 8.55. The Morgan fingerprint density at radius 2 is 1.71 bits per heavy atom. The van der Waals surface area contributed by atoms with Crippen LogP contribution < -0.4 is 10.2 Å². The Labute approximate surface area is 213 Å². The SMILES string of the molecule is CCC(=O)N1CCN(C(=O)c2cc(Cn3ncc(=O)c4cccc(OC(=O)C(F)(F)F)c43)ccc2F)CC1. The van der Waals surface area contributed by atoms with Crippen molar-refractivity contribution in [3.63, 3.8) is 0 Å². The number of esters is 1. The summed E-state index contributed by atoms with van der Waals surface area (Å²) in [6.07, 6.45) is -3.98. The number of halogens is 4. The second kappa shape index (κ2) is 10.6. The Hall–Kier alpha value is -4.29. The summed E-state index contributed by atoms with van der Waals surface area (Å²) in [7, 11) is 0. The van der Waals surface area contributed by atoms with Crippen LogP contribution in [-0.2, 0) is 16.1 Å². The molecule has 0 N–H and O–H groups in total. The van der Waals surface area contributed by atoms with E-state index < -0.39 is 35.0 Å². The smallest absolute Gasteiger partial charge is 0.418 e. The molecular weight excluding hydrogens is 512 g/mol. The molecule has 1 aliphatic heterocycles. The zero-order chi connectivity index (χ0) is 27.6. The molecule has 0 atom stereocenters. The molecule has 1 aromatic heterocycles. The molecule has 38 heavy (non-hydrogen) atoms. The first-order valence-electron chi connectivity index (χ1n) is 11.6. The summed E-state index contributed by atoms with van der Waals surface area (Å²) in [6.45, 7) is 2.67. The Kier molecular flexibility index (Phi) is 7.46. The lowest BCUT2D eigenvalue weighted by molar-refractivity contribution is -0.189. The number of hydrogen-bond acceptors (Lipinski definition) is 6. The van der Waals surface area contributed by atoms with Gasteiger partial charge in [-0.3, -0.25) is 19.1 Å². The highest BCUT2D eigenvalue weighted by atomic mass is 19.4. The quantitative estimate of drug-likeness (QED) is 0.284. The van der Waals surface area contributed by atoms with Gasteiger partial charge in [-0.2, -0.15) is 18.3 Å². The molecule has 9 nitrogen and oxygen atoms in total. The number of para-hydroxylation sites is 1. The van der Waals surface area contributed by atoms with Gasteiger partial charge in [0, 0.05) is 32.6 Å². The highest BCUT2D eigenvalue weighted by Crippen LogP contribution is 2.27. The van der Waals surface area contributed by atoms with E-state index >= 15 is 0 Å².